The fraction of sp³-hybridized carbons (Fsp3) is 0.304. The van der Waals surface area contributed by atoms with Gasteiger partial charge in [0.05, 0.1) is 0 Å². The maximum atomic E-state index is 13.9. The van der Waals surface area contributed by atoms with Crippen molar-refractivity contribution in [3.8, 4) is 23.4 Å². The monoisotopic (exact) mass is 456 g/mol. The zero-order valence-electron chi connectivity index (χ0n) is 18.9. The summed E-state index contributed by atoms with van der Waals surface area (Å²) >= 11 is 0. The van der Waals surface area contributed by atoms with Gasteiger partial charge in [-0.3, -0.25) is 0 Å². The summed E-state index contributed by atoms with van der Waals surface area (Å²) in [5.74, 6) is 0.918. The van der Waals surface area contributed by atoms with Crippen molar-refractivity contribution >= 4 is 16.6 Å². The molecule has 0 radical (unpaired) electrons. The second kappa shape index (κ2) is 9.19. The van der Waals surface area contributed by atoms with Crippen LogP contribution in [0, 0.1) is 5.82 Å². The molecular formula is C23H29FN2O3Si2. The van der Waals surface area contributed by atoms with Gasteiger partial charge in [0, 0.05) is 18.2 Å². The fourth-order valence-corrected chi connectivity index (χ4v) is 4.19. The molecule has 2 aromatic carbocycles. The number of hydrogen-bond acceptors (Lipinski definition) is 5. The van der Waals surface area contributed by atoms with Gasteiger partial charge in [0.25, 0.3) is 0 Å². The van der Waals surface area contributed by atoms with Crippen LogP contribution in [0.4, 0.5) is 4.39 Å². The Morgan fingerprint density at radius 2 is 1.58 bits per heavy atom. The van der Waals surface area contributed by atoms with Crippen molar-refractivity contribution in [1.29, 1.82) is 0 Å². The van der Waals surface area contributed by atoms with Gasteiger partial charge in [-0.2, -0.15) is 4.98 Å². The van der Waals surface area contributed by atoms with E-state index in [9.17, 15) is 4.39 Å². The summed E-state index contributed by atoms with van der Waals surface area (Å²) in [6.07, 6.45) is 2.32. The third-order valence-electron chi connectivity index (χ3n) is 3.96. The number of hydrogen-bond donors (Lipinski definition) is 0. The fourth-order valence-electron chi connectivity index (χ4n) is 2.79. The lowest BCUT2D eigenvalue weighted by Gasteiger charge is -2.22. The van der Waals surface area contributed by atoms with E-state index in [4.69, 9.17) is 13.6 Å². The van der Waals surface area contributed by atoms with Crippen molar-refractivity contribution in [3.05, 3.63) is 71.7 Å². The van der Waals surface area contributed by atoms with Gasteiger partial charge in [-0.05, 0) is 69.1 Å². The smallest absolute Gasteiger partial charge is 0.305 e. The lowest BCUT2D eigenvalue weighted by molar-refractivity contribution is 0.442. The van der Waals surface area contributed by atoms with E-state index in [0.717, 1.165) is 11.1 Å². The minimum absolute atomic E-state index is 0.193. The molecule has 0 atom stereocenters. The Kier molecular flexibility index (Phi) is 6.81. The normalized spacial score (nSPS) is 11.8. The quantitative estimate of drug-likeness (QED) is 0.366. The van der Waals surface area contributed by atoms with Crippen molar-refractivity contribution in [2.45, 2.75) is 45.7 Å². The Balaban J connectivity index is 1.86. The molecule has 0 aliphatic rings. The molecule has 0 N–H and O–H groups in total. The first-order chi connectivity index (χ1) is 14.5. The van der Waals surface area contributed by atoms with Gasteiger partial charge in [-0.1, -0.05) is 24.3 Å². The maximum Gasteiger partial charge on any atom is 0.305 e. The number of nitrogens with zero attached hydrogens (tertiary/aromatic N) is 2. The third-order valence-corrected chi connectivity index (χ3v) is 5.56. The van der Waals surface area contributed by atoms with Crippen LogP contribution in [0.15, 0.2) is 54.7 Å². The molecule has 5 nitrogen and oxygen atoms in total. The highest BCUT2D eigenvalue weighted by Gasteiger charge is 2.23. The van der Waals surface area contributed by atoms with Gasteiger partial charge in [0.2, 0.25) is 22.5 Å². The minimum Gasteiger partial charge on any atom is -0.531 e. The highest BCUT2D eigenvalue weighted by atomic mass is 28.4. The van der Waals surface area contributed by atoms with Crippen LogP contribution in [-0.2, 0) is 6.42 Å². The lowest BCUT2D eigenvalue weighted by atomic mass is 10.1. The summed E-state index contributed by atoms with van der Waals surface area (Å²) in [7, 11) is -3.73. The summed E-state index contributed by atoms with van der Waals surface area (Å²) in [5.41, 5.74) is 1.85. The summed E-state index contributed by atoms with van der Waals surface area (Å²) in [5, 5.41) is 0. The minimum atomic E-state index is -1.90. The molecule has 164 valence electrons. The Labute approximate surface area is 185 Å². The van der Waals surface area contributed by atoms with Gasteiger partial charge in [-0.25, -0.2) is 9.37 Å². The van der Waals surface area contributed by atoms with Crippen molar-refractivity contribution in [2.24, 2.45) is 0 Å². The Bertz CT molecular complexity index is 1050. The van der Waals surface area contributed by atoms with Crippen LogP contribution >= 0.6 is 0 Å². The maximum absolute atomic E-state index is 13.9. The second-order valence-corrected chi connectivity index (χ2v) is 18.1. The molecule has 0 fully saturated rings. The summed E-state index contributed by atoms with van der Waals surface area (Å²) in [6, 6.07) is 14.3. The molecule has 3 aromatic rings. The van der Waals surface area contributed by atoms with Crippen LogP contribution in [0.25, 0.3) is 0 Å². The molecule has 0 saturated carbocycles. The lowest BCUT2D eigenvalue weighted by Crippen LogP contribution is -2.32. The largest absolute Gasteiger partial charge is 0.531 e. The predicted octanol–water partition coefficient (Wildman–Crippen LogP) is 6.43. The number of para-hydroxylation sites is 1. The van der Waals surface area contributed by atoms with Gasteiger partial charge in [-0.15, -0.1) is 0 Å². The number of ether oxygens (including phenoxy) is 1. The second-order valence-electron chi connectivity index (χ2n) is 9.27. The molecule has 1 aromatic heterocycles. The molecule has 1 heterocycles. The number of benzene rings is 2. The van der Waals surface area contributed by atoms with Crippen molar-refractivity contribution in [2.75, 3.05) is 0 Å². The van der Waals surface area contributed by atoms with E-state index < -0.39 is 22.5 Å². The van der Waals surface area contributed by atoms with Crippen LogP contribution in [0.5, 0.6) is 23.4 Å². The molecule has 0 saturated heterocycles. The van der Waals surface area contributed by atoms with E-state index in [1.165, 1.54) is 6.07 Å². The average Bonchev–Trinajstić information content (AvgIpc) is 2.64. The summed E-state index contributed by atoms with van der Waals surface area (Å²) < 4.78 is 31.9. The van der Waals surface area contributed by atoms with E-state index >= 15 is 0 Å². The summed E-state index contributed by atoms with van der Waals surface area (Å²) in [6.45, 7) is 12.6. The molecule has 0 spiro atoms. The van der Waals surface area contributed by atoms with E-state index in [1.807, 2.05) is 18.2 Å². The van der Waals surface area contributed by atoms with Crippen LogP contribution < -0.4 is 13.6 Å². The van der Waals surface area contributed by atoms with Crippen LogP contribution in [-0.4, -0.2) is 26.6 Å². The van der Waals surface area contributed by atoms with E-state index in [0.29, 0.717) is 24.1 Å². The van der Waals surface area contributed by atoms with Crippen LogP contribution in [0.2, 0.25) is 39.3 Å². The highest BCUT2D eigenvalue weighted by Crippen LogP contribution is 2.28. The van der Waals surface area contributed by atoms with E-state index in [-0.39, 0.29) is 5.75 Å². The first-order valence-corrected chi connectivity index (χ1v) is 17.1. The molecule has 0 aliphatic heterocycles. The Morgan fingerprint density at radius 3 is 2.26 bits per heavy atom. The molecule has 31 heavy (non-hydrogen) atoms. The van der Waals surface area contributed by atoms with Gasteiger partial charge >= 0.3 is 6.01 Å². The number of aromatic nitrogens is 2. The topological polar surface area (TPSA) is 53.5 Å². The Hall–Kier alpha value is -2.72. The molecule has 0 aliphatic carbocycles. The molecule has 8 heteroatoms. The molecule has 0 unspecified atom stereocenters. The molecule has 3 rings (SSSR count). The van der Waals surface area contributed by atoms with Gasteiger partial charge in [0.15, 0.2) is 11.6 Å². The highest BCUT2D eigenvalue weighted by molar-refractivity contribution is 6.70. The van der Waals surface area contributed by atoms with Crippen molar-refractivity contribution < 1.29 is 18.0 Å². The number of rotatable bonds is 8. The first kappa shape index (κ1) is 23.0. The zero-order chi connectivity index (χ0) is 22.6. The van der Waals surface area contributed by atoms with E-state index in [1.54, 1.807) is 30.5 Å². The standard InChI is InChI=1S/C23H29FN2O3Si2/c1-30(2,3)28-22-18(16-25-23(26-22)29-31(4,5)6)14-17-10-9-11-19(15-17)27-21-13-8-7-12-20(21)24/h7-13,15-16H,14H2,1-6H3. The first-order valence-electron chi connectivity index (χ1n) is 10.2. The molecular weight excluding hydrogens is 427 g/mol. The summed E-state index contributed by atoms with van der Waals surface area (Å²) in [4.78, 5) is 8.98. The third kappa shape index (κ3) is 7.18. The van der Waals surface area contributed by atoms with Crippen LogP contribution in [0.3, 0.4) is 0 Å². The zero-order valence-corrected chi connectivity index (χ0v) is 20.9. The molecule has 0 amide bonds. The van der Waals surface area contributed by atoms with Crippen LogP contribution in [0.1, 0.15) is 11.1 Å². The Morgan fingerprint density at radius 1 is 0.871 bits per heavy atom. The van der Waals surface area contributed by atoms with E-state index in [2.05, 4.69) is 49.3 Å². The van der Waals surface area contributed by atoms with Crippen molar-refractivity contribution in [3.63, 3.8) is 0 Å². The SMILES string of the molecule is C[Si](C)(C)Oc1ncc(Cc2cccc(Oc3ccccc3F)c2)c(O[Si](C)(C)C)n1. The van der Waals surface area contributed by atoms with Crippen molar-refractivity contribution in [1.82, 2.24) is 9.97 Å². The predicted molar refractivity (Wildman–Crippen MR) is 126 cm³/mol. The molecule has 0 bridgehead atoms. The number of halogens is 1. The van der Waals surface area contributed by atoms with Gasteiger partial charge in [0.1, 0.15) is 5.75 Å². The van der Waals surface area contributed by atoms with Gasteiger partial charge < -0.3 is 13.6 Å². The average molecular weight is 457 g/mol.